The number of hydrogen-bond donors (Lipinski definition) is 2. The molecule has 2 aromatic rings. The first-order valence-corrected chi connectivity index (χ1v) is 6.51. The Hall–Kier alpha value is -2.95. The second-order valence-electron chi connectivity index (χ2n) is 4.51. The fourth-order valence-electron chi connectivity index (χ4n) is 1.98. The maximum atomic E-state index is 12.2. The molecule has 0 aliphatic carbocycles. The minimum Gasteiger partial charge on any atom is -0.508 e. The fourth-order valence-corrected chi connectivity index (χ4v) is 1.98. The van der Waals surface area contributed by atoms with E-state index >= 15 is 0 Å². The summed E-state index contributed by atoms with van der Waals surface area (Å²) < 4.78 is 10.2. The molecule has 0 amide bonds. The van der Waals surface area contributed by atoms with Gasteiger partial charge in [-0.1, -0.05) is 0 Å². The molecule has 0 radical (unpaired) electrons. The second-order valence-corrected chi connectivity index (χ2v) is 4.51. The number of ketones is 1. The Bertz CT molecular complexity index is 719. The van der Waals surface area contributed by atoms with Crippen LogP contribution < -0.4 is 9.47 Å². The van der Waals surface area contributed by atoms with Gasteiger partial charge in [0.2, 0.25) is 0 Å². The molecule has 5 heteroatoms. The van der Waals surface area contributed by atoms with Crippen LogP contribution in [0.15, 0.2) is 42.5 Å². The number of carbonyl (C=O) groups excluding carboxylic acids is 1. The summed E-state index contributed by atoms with van der Waals surface area (Å²) >= 11 is 0. The van der Waals surface area contributed by atoms with E-state index in [2.05, 4.69) is 0 Å². The van der Waals surface area contributed by atoms with Crippen LogP contribution in [0.1, 0.15) is 15.9 Å². The van der Waals surface area contributed by atoms with Gasteiger partial charge in [0.25, 0.3) is 0 Å². The lowest BCUT2D eigenvalue weighted by Gasteiger charge is -2.07. The lowest BCUT2D eigenvalue weighted by Crippen LogP contribution is -1.98. The van der Waals surface area contributed by atoms with Crippen LogP contribution in [0.2, 0.25) is 0 Å². The van der Waals surface area contributed by atoms with Gasteiger partial charge in [0.15, 0.2) is 5.78 Å². The molecule has 0 aliphatic rings. The van der Waals surface area contributed by atoms with Crippen molar-refractivity contribution in [2.45, 2.75) is 0 Å². The number of benzene rings is 2. The van der Waals surface area contributed by atoms with Gasteiger partial charge in [0.05, 0.1) is 19.8 Å². The maximum absolute atomic E-state index is 12.2. The average molecular weight is 300 g/mol. The first-order chi connectivity index (χ1) is 10.5. The summed E-state index contributed by atoms with van der Waals surface area (Å²) in [5, 5.41) is 18.8. The molecule has 0 saturated carbocycles. The molecule has 0 atom stereocenters. The zero-order valence-electron chi connectivity index (χ0n) is 12.2. The maximum Gasteiger partial charge on any atom is 0.189 e. The number of allylic oxidation sites excluding steroid dienone is 1. The predicted octanol–water partition coefficient (Wildman–Crippen LogP) is 3.01. The second kappa shape index (κ2) is 6.67. The summed E-state index contributed by atoms with van der Waals surface area (Å²) in [6, 6.07) is 8.91. The Morgan fingerprint density at radius 3 is 2.18 bits per heavy atom. The number of carbonyl (C=O) groups is 1. The summed E-state index contributed by atoms with van der Waals surface area (Å²) in [6.45, 7) is 0. The van der Waals surface area contributed by atoms with Gasteiger partial charge < -0.3 is 19.7 Å². The van der Waals surface area contributed by atoms with Crippen molar-refractivity contribution in [1.82, 2.24) is 0 Å². The van der Waals surface area contributed by atoms with E-state index in [-0.39, 0.29) is 17.3 Å². The van der Waals surface area contributed by atoms with E-state index in [0.29, 0.717) is 22.6 Å². The van der Waals surface area contributed by atoms with Crippen molar-refractivity contribution >= 4 is 11.9 Å². The van der Waals surface area contributed by atoms with Gasteiger partial charge in [0.1, 0.15) is 23.0 Å². The quantitative estimate of drug-likeness (QED) is 0.655. The molecule has 114 valence electrons. The number of phenolic OH excluding ortho intramolecular Hbond substituents is 2. The highest BCUT2D eigenvalue weighted by Gasteiger charge is 2.10. The molecule has 5 nitrogen and oxygen atoms in total. The van der Waals surface area contributed by atoms with E-state index in [1.807, 2.05) is 0 Å². The molecular weight excluding hydrogens is 284 g/mol. The molecule has 0 saturated heterocycles. The first kappa shape index (κ1) is 15.4. The van der Waals surface area contributed by atoms with Crippen LogP contribution in [0, 0.1) is 0 Å². The standard InChI is InChI=1S/C17H16O5/c1-21-16-9-12(18)5-3-11(16)4-8-15(20)14-7-6-13(19)10-17(14)22-2/h3-10,18-19H,1-2H3. The number of phenols is 2. The zero-order valence-corrected chi connectivity index (χ0v) is 12.2. The number of ether oxygens (including phenoxy) is 2. The van der Waals surface area contributed by atoms with Crippen molar-refractivity contribution < 1.29 is 24.5 Å². The molecule has 0 bridgehead atoms. The molecular formula is C17H16O5. The smallest absolute Gasteiger partial charge is 0.189 e. The average Bonchev–Trinajstić information content (AvgIpc) is 2.52. The van der Waals surface area contributed by atoms with E-state index < -0.39 is 0 Å². The van der Waals surface area contributed by atoms with Gasteiger partial charge in [-0.3, -0.25) is 4.79 Å². The number of methoxy groups -OCH3 is 2. The highest BCUT2D eigenvalue weighted by molar-refractivity contribution is 6.08. The molecule has 0 aromatic heterocycles. The Morgan fingerprint density at radius 2 is 1.55 bits per heavy atom. The largest absolute Gasteiger partial charge is 0.508 e. The molecule has 22 heavy (non-hydrogen) atoms. The number of aromatic hydroxyl groups is 2. The van der Waals surface area contributed by atoms with Crippen LogP contribution >= 0.6 is 0 Å². The molecule has 0 aliphatic heterocycles. The fraction of sp³-hybridized carbons (Fsp3) is 0.118. The normalized spacial score (nSPS) is 10.6. The zero-order chi connectivity index (χ0) is 16.1. The Balaban J connectivity index is 2.29. The third-order valence-corrected chi connectivity index (χ3v) is 3.08. The van der Waals surface area contributed by atoms with Crippen molar-refractivity contribution in [2.24, 2.45) is 0 Å². The monoisotopic (exact) mass is 300 g/mol. The van der Waals surface area contributed by atoms with Crippen LogP contribution in [-0.2, 0) is 0 Å². The topological polar surface area (TPSA) is 76.0 Å². The highest BCUT2D eigenvalue weighted by Crippen LogP contribution is 2.27. The summed E-state index contributed by atoms with van der Waals surface area (Å²) in [4.78, 5) is 12.2. The van der Waals surface area contributed by atoms with Crippen molar-refractivity contribution in [3.05, 3.63) is 53.6 Å². The minimum absolute atomic E-state index is 0.0255. The first-order valence-electron chi connectivity index (χ1n) is 6.51. The van der Waals surface area contributed by atoms with Crippen molar-refractivity contribution in [1.29, 1.82) is 0 Å². The van der Waals surface area contributed by atoms with E-state index in [9.17, 15) is 15.0 Å². The van der Waals surface area contributed by atoms with Crippen LogP contribution in [0.5, 0.6) is 23.0 Å². The molecule has 2 N–H and O–H groups in total. The van der Waals surface area contributed by atoms with E-state index in [4.69, 9.17) is 9.47 Å². The lowest BCUT2D eigenvalue weighted by molar-refractivity contribution is 0.104. The molecule has 0 spiro atoms. The van der Waals surface area contributed by atoms with Gasteiger partial charge >= 0.3 is 0 Å². The summed E-state index contributed by atoms with van der Waals surface area (Å²) in [5.41, 5.74) is 1.00. The summed E-state index contributed by atoms with van der Waals surface area (Å²) in [6.07, 6.45) is 2.97. The number of rotatable bonds is 5. The van der Waals surface area contributed by atoms with Gasteiger partial charge in [-0.05, 0) is 36.4 Å². The van der Waals surface area contributed by atoms with E-state index in [1.54, 1.807) is 12.1 Å². The van der Waals surface area contributed by atoms with Crippen LogP contribution in [0.25, 0.3) is 6.08 Å². The molecule has 2 aromatic carbocycles. The molecule has 0 unspecified atom stereocenters. The van der Waals surface area contributed by atoms with Crippen molar-refractivity contribution in [3.8, 4) is 23.0 Å². The number of hydrogen-bond acceptors (Lipinski definition) is 5. The molecule has 0 fully saturated rings. The Morgan fingerprint density at radius 1 is 0.955 bits per heavy atom. The Kier molecular flexibility index (Phi) is 4.68. The summed E-state index contributed by atoms with van der Waals surface area (Å²) in [5.74, 6) is 0.596. The van der Waals surface area contributed by atoms with Gasteiger partial charge in [0, 0.05) is 17.7 Å². The van der Waals surface area contributed by atoms with Gasteiger partial charge in [-0.25, -0.2) is 0 Å². The highest BCUT2D eigenvalue weighted by atomic mass is 16.5. The lowest BCUT2D eigenvalue weighted by atomic mass is 10.1. The SMILES string of the molecule is COc1cc(O)ccc1C=CC(=O)c1ccc(O)cc1OC. The predicted molar refractivity (Wildman–Crippen MR) is 82.7 cm³/mol. The third-order valence-electron chi connectivity index (χ3n) is 3.08. The minimum atomic E-state index is -0.271. The van der Waals surface area contributed by atoms with E-state index in [0.717, 1.165) is 0 Å². The van der Waals surface area contributed by atoms with Crippen LogP contribution in [-0.4, -0.2) is 30.2 Å². The van der Waals surface area contributed by atoms with Crippen molar-refractivity contribution in [3.63, 3.8) is 0 Å². The molecule has 0 heterocycles. The Labute approximate surface area is 128 Å². The van der Waals surface area contributed by atoms with Crippen LogP contribution in [0.4, 0.5) is 0 Å². The van der Waals surface area contributed by atoms with E-state index in [1.165, 1.54) is 50.6 Å². The van der Waals surface area contributed by atoms with Crippen LogP contribution in [0.3, 0.4) is 0 Å². The molecule has 2 rings (SSSR count). The summed E-state index contributed by atoms with van der Waals surface area (Å²) in [7, 11) is 2.91. The third kappa shape index (κ3) is 3.38. The van der Waals surface area contributed by atoms with Gasteiger partial charge in [-0.15, -0.1) is 0 Å². The van der Waals surface area contributed by atoms with Gasteiger partial charge in [-0.2, -0.15) is 0 Å². The van der Waals surface area contributed by atoms with Crippen molar-refractivity contribution in [2.75, 3.05) is 14.2 Å².